The second kappa shape index (κ2) is 22.6. The fourth-order valence-corrected chi connectivity index (χ4v) is 9.98. The molecular formula is C42H69N7O7S. The van der Waals surface area contributed by atoms with Crippen molar-refractivity contribution in [1.29, 1.82) is 0 Å². The zero-order chi connectivity index (χ0) is 41.6. The second-order valence-corrected chi connectivity index (χ2v) is 18.4. The summed E-state index contributed by atoms with van der Waals surface area (Å²) < 4.78 is 0. The molecule has 10 atom stereocenters. The van der Waals surface area contributed by atoms with Gasteiger partial charge in [0.05, 0.1) is 42.4 Å². The van der Waals surface area contributed by atoms with E-state index in [0.29, 0.717) is 30.2 Å². The monoisotopic (exact) mass is 815 g/mol. The molecule has 3 heterocycles. The lowest BCUT2D eigenvalue weighted by Crippen LogP contribution is -2.59. The Morgan fingerprint density at radius 1 is 0.877 bits per heavy atom. The minimum absolute atomic E-state index is 0.113. The Hall–Kier alpha value is -3.43. The van der Waals surface area contributed by atoms with Crippen LogP contribution in [-0.2, 0) is 25.7 Å². The van der Waals surface area contributed by atoms with Crippen molar-refractivity contribution in [2.45, 2.75) is 166 Å². The van der Waals surface area contributed by atoms with Crippen LogP contribution in [0.25, 0.3) is 0 Å². The average molecular weight is 816 g/mol. The van der Waals surface area contributed by atoms with E-state index in [1.54, 1.807) is 32.2 Å². The van der Waals surface area contributed by atoms with Crippen molar-refractivity contribution in [2.24, 2.45) is 29.6 Å². The molecule has 2 aliphatic heterocycles. The lowest BCUT2D eigenvalue weighted by Gasteiger charge is -2.37. The van der Waals surface area contributed by atoms with Gasteiger partial charge in [0, 0.05) is 23.6 Å². The first-order valence-electron chi connectivity index (χ1n) is 21.3. The Balaban J connectivity index is 1.40. The van der Waals surface area contributed by atoms with Gasteiger partial charge in [-0.3, -0.25) is 24.2 Å². The van der Waals surface area contributed by atoms with Gasteiger partial charge in [0.2, 0.25) is 23.6 Å². The standard InChI is InChI=1S/C42H69N7O7S/c1-7-26(6)35(40(54)44-22-28-17-13-14-20-43-28)48-39(53)33(24(2)3)38(52)37(51)29(21-27-15-9-8-10-16-27)45-41(55)34(25(4)5)47-32(50)19-12-11-18-31-36-30(23-57-31)46-42(56)49-36/h13-14,17,20,24-27,29-31,33-38,51-52H,7-12,15-16,18-19,21-23H2,1-6H3,(H,44,54)(H,45,55)(H,47,50)(H,48,53)(H2,46,49,56)/t26?,29-,30+,31+,33+,34-,35-,36?,37+,38+/m0/s1. The van der Waals surface area contributed by atoms with Crippen molar-refractivity contribution in [3.05, 3.63) is 30.1 Å². The number of hydrogen-bond acceptors (Lipinski definition) is 9. The van der Waals surface area contributed by atoms with Gasteiger partial charge in [-0.1, -0.05) is 92.6 Å². The minimum Gasteiger partial charge on any atom is -0.390 e. The number of amides is 6. The number of nitrogens with zero attached hydrogens (tertiary/aromatic N) is 1. The molecule has 1 aromatic rings. The van der Waals surface area contributed by atoms with Gasteiger partial charge in [0.25, 0.3) is 0 Å². The summed E-state index contributed by atoms with van der Waals surface area (Å²) in [5.41, 5.74) is 0.677. The predicted octanol–water partition coefficient (Wildman–Crippen LogP) is 3.54. The van der Waals surface area contributed by atoms with Crippen molar-refractivity contribution >= 4 is 41.4 Å². The number of fused-ring (bicyclic) bond motifs is 1. The van der Waals surface area contributed by atoms with Crippen molar-refractivity contribution in [3.8, 4) is 0 Å². The Labute approximate surface area is 343 Å². The maximum Gasteiger partial charge on any atom is 0.315 e. The number of thioether (sulfide) groups is 1. The van der Waals surface area contributed by atoms with Gasteiger partial charge in [-0.2, -0.15) is 11.8 Å². The molecule has 14 nitrogen and oxygen atoms in total. The molecule has 3 fully saturated rings. The summed E-state index contributed by atoms with van der Waals surface area (Å²) in [5.74, 6) is -2.50. The quantitative estimate of drug-likeness (QED) is 0.0635. The van der Waals surface area contributed by atoms with Crippen LogP contribution in [0.1, 0.15) is 118 Å². The summed E-state index contributed by atoms with van der Waals surface area (Å²) in [6.07, 6.45) is 7.28. The molecule has 2 unspecified atom stereocenters. The van der Waals surface area contributed by atoms with Crippen molar-refractivity contribution in [3.63, 3.8) is 0 Å². The van der Waals surface area contributed by atoms with E-state index in [9.17, 15) is 34.2 Å². The third-order valence-electron chi connectivity index (χ3n) is 12.1. The Morgan fingerprint density at radius 2 is 1.61 bits per heavy atom. The molecule has 1 aliphatic carbocycles. The number of nitrogens with one attached hydrogen (secondary N) is 6. The van der Waals surface area contributed by atoms with E-state index in [1.165, 1.54) is 0 Å². The van der Waals surface area contributed by atoms with Crippen LogP contribution < -0.4 is 31.9 Å². The topological polar surface area (TPSA) is 211 Å². The fraction of sp³-hybridized carbons (Fsp3) is 0.762. The molecule has 320 valence electrons. The Bertz CT molecular complexity index is 1460. The number of pyridine rings is 1. The van der Waals surface area contributed by atoms with Crippen LogP contribution in [0.15, 0.2) is 24.4 Å². The maximum atomic E-state index is 14.0. The predicted molar refractivity (Wildman–Crippen MR) is 222 cm³/mol. The maximum absolute atomic E-state index is 14.0. The first-order valence-corrected chi connectivity index (χ1v) is 22.4. The Kier molecular flexibility index (Phi) is 18.4. The van der Waals surface area contributed by atoms with Crippen LogP contribution in [0.4, 0.5) is 4.79 Å². The van der Waals surface area contributed by atoms with Gasteiger partial charge in [0.1, 0.15) is 18.2 Å². The van der Waals surface area contributed by atoms with Gasteiger partial charge in [-0.05, 0) is 55.1 Å². The number of urea groups is 1. The highest BCUT2D eigenvalue weighted by Gasteiger charge is 2.43. The summed E-state index contributed by atoms with van der Waals surface area (Å²) in [4.78, 5) is 70.5. The summed E-state index contributed by atoms with van der Waals surface area (Å²) >= 11 is 1.84. The van der Waals surface area contributed by atoms with Crippen molar-refractivity contribution in [1.82, 2.24) is 36.9 Å². The molecule has 2 saturated heterocycles. The number of aliphatic hydroxyl groups is 2. The molecule has 0 radical (unpaired) electrons. The number of rotatable bonds is 22. The van der Waals surface area contributed by atoms with E-state index in [4.69, 9.17) is 0 Å². The van der Waals surface area contributed by atoms with Crippen LogP contribution in [0.2, 0.25) is 0 Å². The number of unbranched alkanes of at least 4 members (excludes halogenated alkanes) is 1. The van der Waals surface area contributed by atoms with Crippen LogP contribution in [0, 0.1) is 29.6 Å². The largest absolute Gasteiger partial charge is 0.390 e. The molecular weight excluding hydrogens is 747 g/mol. The van der Waals surface area contributed by atoms with Gasteiger partial charge in [-0.15, -0.1) is 0 Å². The third-order valence-corrected chi connectivity index (χ3v) is 13.6. The van der Waals surface area contributed by atoms with Crippen molar-refractivity contribution < 1.29 is 34.2 Å². The molecule has 1 saturated carbocycles. The van der Waals surface area contributed by atoms with Crippen LogP contribution in [0.5, 0.6) is 0 Å². The molecule has 4 rings (SSSR count). The number of carbonyl (C=O) groups excluding carboxylic acids is 5. The van der Waals surface area contributed by atoms with E-state index < -0.39 is 54.0 Å². The van der Waals surface area contributed by atoms with E-state index in [2.05, 4.69) is 36.9 Å². The molecule has 3 aliphatic rings. The van der Waals surface area contributed by atoms with Crippen molar-refractivity contribution in [2.75, 3.05) is 5.75 Å². The normalized spacial score (nSPS) is 23.3. The molecule has 0 bridgehead atoms. The number of aliphatic hydroxyl groups excluding tert-OH is 2. The minimum atomic E-state index is -1.55. The van der Waals surface area contributed by atoms with E-state index in [0.717, 1.165) is 50.7 Å². The molecule has 57 heavy (non-hydrogen) atoms. The summed E-state index contributed by atoms with van der Waals surface area (Å²) in [6.45, 7) is 11.3. The molecule has 8 N–H and O–H groups in total. The van der Waals surface area contributed by atoms with E-state index in [-0.39, 0.29) is 60.6 Å². The van der Waals surface area contributed by atoms with Crippen LogP contribution >= 0.6 is 11.8 Å². The number of carbonyl (C=O) groups is 5. The first kappa shape index (κ1) is 46.3. The summed E-state index contributed by atoms with van der Waals surface area (Å²) in [7, 11) is 0. The summed E-state index contributed by atoms with van der Waals surface area (Å²) in [5, 5.41) is 41.7. The molecule has 0 spiro atoms. The molecule has 6 amide bonds. The fourth-order valence-electron chi connectivity index (χ4n) is 8.44. The zero-order valence-electron chi connectivity index (χ0n) is 34.8. The van der Waals surface area contributed by atoms with Crippen LogP contribution in [-0.4, -0.2) is 98.3 Å². The van der Waals surface area contributed by atoms with Gasteiger partial charge >= 0.3 is 6.03 Å². The smallest absolute Gasteiger partial charge is 0.315 e. The zero-order valence-corrected chi connectivity index (χ0v) is 35.6. The lowest BCUT2D eigenvalue weighted by atomic mass is 9.79. The second-order valence-electron chi connectivity index (χ2n) is 17.2. The molecule has 1 aromatic heterocycles. The third kappa shape index (κ3) is 13.6. The number of hydrogen-bond donors (Lipinski definition) is 8. The van der Waals surface area contributed by atoms with Gasteiger partial charge in [0.15, 0.2) is 0 Å². The first-order chi connectivity index (χ1) is 27.2. The average Bonchev–Trinajstić information content (AvgIpc) is 3.75. The van der Waals surface area contributed by atoms with Gasteiger partial charge < -0.3 is 42.1 Å². The lowest BCUT2D eigenvalue weighted by molar-refractivity contribution is -0.141. The highest BCUT2D eigenvalue weighted by molar-refractivity contribution is 8.00. The van der Waals surface area contributed by atoms with Crippen LogP contribution in [0.3, 0.4) is 0 Å². The molecule has 15 heteroatoms. The summed E-state index contributed by atoms with van der Waals surface area (Å²) in [6, 6.07) is 2.93. The van der Waals surface area contributed by atoms with Gasteiger partial charge in [-0.25, -0.2) is 4.79 Å². The number of aromatic nitrogens is 1. The highest BCUT2D eigenvalue weighted by Crippen LogP contribution is 2.33. The molecule has 0 aromatic carbocycles. The van der Waals surface area contributed by atoms with E-state index in [1.807, 2.05) is 45.5 Å². The van der Waals surface area contributed by atoms with E-state index >= 15 is 0 Å². The Morgan fingerprint density at radius 3 is 2.26 bits per heavy atom. The highest BCUT2D eigenvalue weighted by atomic mass is 32.2. The SMILES string of the molecule is CCC(C)[C@H](NC(=O)[C@H](C(C)C)[C@@H](O)[C@H](O)[C@H](CC1CCCCC1)NC(=O)[C@@H](NC(=O)CCCC[C@H]1SC[C@H]2NC(=O)NC21)C(C)C)C(=O)NCc1ccccn1.